The van der Waals surface area contributed by atoms with Crippen LogP contribution in [0.3, 0.4) is 0 Å². The highest BCUT2D eigenvalue weighted by atomic mass is 16.5. The number of rotatable bonds is 8. The number of methoxy groups -OCH3 is 1. The molecule has 1 saturated heterocycles. The van der Waals surface area contributed by atoms with Crippen molar-refractivity contribution >= 4 is 11.8 Å². The molecule has 1 saturated carbocycles. The normalized spacial score (nSPS) is 25.7. The summed E-state index contributed by atoms with van der Waals surface area (Å²) in [5.74, 6) is 2.08. The molecule has 1 aromatic carbocycles. The molecule has 4 atom stereocenters. The van der Waals surface area contributed by atoms with E-state index in [4.69, 9.17) is 9.47 Å². The Balaban J connectivity index is 1.48. The standard InChI is InChI=1S/C24H36N2O4/c1-5-30-22-10-9-18(11-16(22)2)7-6-8-24(28)26-14-19-12-21(25-17(3)27)23(29-4)13-20(19)15-26/h9-11,19-21,23H,5-8,12-15H2,1-4H3,(H,25,27)/t19-,20+,21-,23-/m1/s1. The van der Waals surface area contributed by atoms with Crippen LogP contribution in [0.2, 0.25) is 0 Å². The van der Waals surface area contributed by atoms with Gasteiger partial charge in [0.15, 0.2) is 0 Å². The maximum absolute atomic E-state index is 12.8. The minimum atomic E-state index is -0.0176. The van der Waals surface area contributed by atoms with Crippen LogP contribution in [0.5, 0.6) is 5.75 Å². The molecule has 0 bridgehead atoms. The van der Waals surface area contributed by atoms with Gasteiger partial charge >= 0.3 is 0 Å². The molecule has 0 unspecified atom stereocenters. The van der Waals surface area contributed by atoms with Crippen LogP contribution >= 0.6 is 0 Å². The Bertz CT molecular complexity index is 751. The zero-order valence-electron chi connectivity index (χ0n) is 18.8. The van der Waals surface area contributed by atoms with E-state index in [1.165, 1.54) is 5.56 Å². The van der Waals surface area contributed by atoms with Gasteiger partial charge in [0.05, 0.1) is 18.8 Å². The molecule has 1 N–H and O–H groups in total. The van der Waals surface area contributed by atoms with Crippen molar-refractivity contribution in [1.29, 1.82) is 0 Å². The summed E-state index contributed by atoms with van der Waals surface area (Å²) < 4.78 is 11.2. The average molecular weight is 417 g/mol. The van der Waals surface area contributed by atoms with Crippen LogP contribution in [0.25, 0.3) is 0 Å². The van der Waals surface area contributed by atoms with E-state index < -0.39 is 0 Å². The third-order valence-corrected chi connectivity index (χ3v) is 6.56. The van der Waals surface area contributed by atoms with Gasteiger partial charge in [0, 0.05) is 33.5 Å². The summed E-state index contributed by atoms with van der Waals surface area (Å²) in [5.41, 5.74) is 2.39. The highest BCUT2D eigenvalue weighted by Gasteiger charge is 2.43. The van der Waals surface area contributed by atoms with E-state index in [0.717, 1.165) is 50.1 Å². The van der Waals surface area contributed by atoms with Gasteiger partial charge in [-0.25, -0.2) is 0 Å². The molecular formula is C24H36N2O4. The van der Waals surface area contributed by atoms with E-state index in [1.807, 2.05) is 17.9 Å². The van der Waals surface area contributed by atoms with Gasteiger partial charge in [-0.2, -0.15) is 0 Å². The van der Waals surface area contributed by atoms with E-state index in [-0.39, 0.29) is 24.0 Å². The number of likely N-dealkylation sites (tertiary alicyclic amines) is 1. The quantitative estimate of drug-likeness (QED) is 0.707. The molecule has 0 spiro atoms. The molecule has 1 aliphatic carbocycles. The van der Waals surface area contributed by atoms with Crippen LogP contribution in [0.15, 0.2) is 18.2 Å². The highest BCUT2D eigenvalue weighted by molar-refractivity contribution is 5.76. The molecule has 2 amide bonds. The second-order valence-corrected chi connectivity index (χ2v) is 8.76. The van der Waals surface area contributed by atoms with Crippen LogP contribution in [-0.4, -0.2) is 55.7 Å². The molecule has 1 aliphatic heterocycles. The van der Waals surface area contributed by atoms with E-state index in [0.29, 0.717) is 24.9 Å². The van der Waals surface area contributed by atoms with Gasteiger partial charge in [-0.15, -0.1) is 0 Å². The molecular weight excluding hydrogens is 380 g/mol. The number of hydrogen-bond acceptors (Lipinski definition) is 4. The number of benzene rings is 1. The van der Waals surface area contributed by atoms with Crippen molar-refractivity contribution < 1.29 is 19.1 Å². The minimum Gasteiger partial charge on any atom is -0.494 e. The van der Waals surface area contributed by atoms with Gasteiger partial charge in [0.2, 0.25) is 11.8 Å². The second kappa shape index (κ2) is 10.3. The Hall–Kier alpha value is -2.08. The molecule has 30 heavy (non-hydrogen) atoms. The number of carbonyl (C=O) groups excluding carboxylic acids is 2. The maximum Gasteiger partial charge on any atom is 0.222 e. The van der Waals surface area contributed by atoms with Gasteiger partial charge in [-0.05, 0) is 68.6 Å². The number of fused-ring (bicyclic) bond motifs is 1. The predicted molar refractivity (Wildman–Crippen MR) is 116 cm³/mol. The van der Waals surface area contributed by atoms with Crippen molar-refractivity contribution in [2.45, 2.75) is 65.0 Å². The lowest BCUT2D eigenvalue weighted by molar-refractivity contribution is -0.130. The zero-order chi connectivity index (χ0) is 21.7. The van der Waals surface area contributed by atoms with Crippen molar-refractivity contribution in [3.63, 3.8) is 0 Å². The van der Waals surface area contributed by atoms with Gasteiger partial charge < -0.3 is 19.7 Å². The summed E-state index contributed by atoms with van der Waals surface area (Å²) in [7, 11) is 1.71. The maximum atomic E-state index is 12.8. The third kappa shape index (κ3) is 5.54. The summed E-state index contributed by atoms with van der Waals surface area (Å²) >= 11 is 0. The second-order valence-electron chi connectivity index (χ2n) is 8.76. The Morgan fingerprint density at radius 1 is 1.20 bits per heavy atom. The van der Waals surface area contributed by atoms with Crippen LogP contribution in [0, 0.1) is 18.8 Å². The smallest absolute Gasteiger partial charge is 0.222 e. The zero-order valence-corrected chi connectivity index (χ0v) is 18.8. The molecule has 1 heterocycles. The lowest BCUT2D eigenvalue weighted by Crippen LogP contribution is -2.49. The van der Waals surface area contributed by atoms with Crippen molar-refractivity contribution in [3.05, 3.63) is 29.3 Å². The monoisotopic (exact) mass is 416 g/mol. The third-order valence-electron chi connectivity index (χ3n) is 6.56. The summed E-state index contributed by atoms with van der Waals surface area (Å²) in [4.78, 5) is 26.3. The average Bonchev–Trinajstić information content (AvgIpc) is 3.12. The molecule has 6 heteroatoms. The first-order chi connectivity index (χ1) is 14.4. The Morgan fingerprint density at radius 3 is 2.57 bits per heavy atom. The van der Waals surface area contributed by atoms with Crippen LogP contribution in [0.1, 0.15) is 50.7 Å². The Labute approximate surface area is 180 Å². The van der Waals surface area contributed by atoms with Gasteiger partial charge in [-0.3, -0.25) is 9.59 Å². The first-order valence-corrected chi connectivity index (χ1v) is 11.2. The number of carbonyl (C=O) groups is 2. The first kappa shape index (κ1) is 22.6. The molecule has 0 aromatic heterocycles. The number of nitrogens with one attached hydrogen (secondary N) is 1. The SMILES string of the molecule is CCOc1ccc(CCCC(=O)N2C[C@H]3C[C@@H](NC(C)=O)[C@H](OC)C[C@H]3C2)cc1C. The lowest BCUT2D eigenvalue weighted by atomic mass is 9.77. The number of aryl methyl sites for hydroxylation is 2. The van der Waals surface area contributed by atoms with Crippen molar-refractivity contribution in [2.24, 2.45) is 11.8 Å². The summed E-state index contributed by atoms with van der Waals surface area (Å²) in [6.45, 7) is 7.89. The Morgan fingerprint density at radius 2 is 1.93 bits per heavy atom. The molecule has 0 radical (unpaired) electrons. The molecule has 2 aliphatic rings. The predicted octanol–water partition coefficient (Wildman–Crippen LogP) is 3.10. The fourth-order valence-electron chi connectivity index (χ4n) is 5.08. The van der Waals surface area contributed by atoms with Crippen LogP contribution in [0.4, 0.5) is 0 Å². The van der Waals surface area contributed by atoms with Crippen LogP contribution < -0.4 is 10.1 Å². The Kier molecular flexibility index (Phi) is 7.75. The molecule has 3 rings (SSSR count). The fourth-order valence-corrected chi connectivity index (χ4v) is 5.08. The number of nitrogens with zero attached hydrogens (tertiary/aromatic N) is 1. The van der Waals surface area contributed by atoms with E-state index in [9.17, 15) is 9.59 Å². The van der Waals surface area contributed by atoms with Crippen molar-refractivity contribution in [2.75, 3.05) is 26.8 Å². The number of hydrogen-bond donors (Lipinski definition) is 1. The minimum absolute atomic E-state index is 0.0176. The van der Waals surface area contributed by atoms with E-state index in [2.05, 4.69) is 24.4 Å². The van der Waals surface area contributed by atoms with Crippen molar-refractivity contribution in [1.82, 2.24) is 10.2 Å². The van der Waals surface area contributed by atoms with Gasteiger partial charge in [0.1, 0.15) is 5.75 Å². The number of ether oxygens (including phenoxy) is 2. The lowest BCUT2D eigenvalue weighted by Gasteiger charge is -2.37. The van der Waals surface area contributed by atoms with Gasteiger partial charge in [0.25, 0.3) is 0 Å². The largest absolute Gasteiger partial charge is 0.494 e. The van der Waals surface area contributed by atoms with E-state index >= 15 is 0 Å². The summed E-state index contributed by atoms with van der Waals surface area (Å²) in [6.07, 6.45) is 4.16. The van der Waals surface area contributed by atoms with Crippen molar-refractivity contribution in [3.8, 4) is 5.75 Å². The van der Waals surface area contributed by atoms with Crippen LogP contribution in [-0.2, 0) is 20.7 Å². The highest BCUT2D eigenvalue weighted by Crippen LogP contribution is 2.37. The molecule has 1 aromatic rings. The molecule has 6 nitrogen and oxygen atoms in total. The summed E-state index contributed by atoms with van der Waals surface area (Å²) in [5, 5.41) is 3.03. The molecule has 166 valence electrons. The topological polar surface area (TPSA) is 67.9 Å². The number of amides is 2. The van der Waals surface area contributed by atoms with Gasteiger partial charge in [-0.1, -0.05) is 12.1 Å². The molecule has 2 fully saturated rings. The summed E-state index contributed by atoms with van der Waals surface area (Å²) in [6, 6.07) is 6.33. The first-order valence-electron chi connectivity index (χ1n) is 11.2. The fraction of sp³-hybridized carbons (Fsp3) is 0.667. The van der Waals surface area contributed by atoms with E-state index in [1.54, 1.807) is 14.0 Å².